The molecule has 0 saturated heterocycles. The first-order valence-electron chi connectivity index (χ1n) is 9.74. The van der Waals surface area contributed by atoms with Crippen molar-refractivity contribution < 1.29 is 18.8 Å². The lowest BCUT2D eigenvalue weighted by atomic mass is 10.2. The molecule has 2 amide bonds. The Hall–Kier alpha value is -3.68. The average molecular weight is 408 g/mol. The largest absolute Gasteiger partial charge is 0.497 e. The number of benzene rings is 2. The van der Waals surface area contributed by atoms with Gasteiger partial charge in [0.05, 0.1) is 7.11 Å². The van der Waals surface area contributed by atoms with Gasteiger partial charge >= 0.3 is 0 Å². The molecule has 0 bridgehead atoms. The lowest BCUT2D eigenvalue weighted by Crippen LogP contribution is -2.22. The number of amides is 2. The number of methoxy groups -OCH3 is 1. The second kappa shape index (κ2) is 10.2. The standard InChI is InChI=1S/C22H24N4O4/c1-3-23-22(28)16-7-11-17(12-8-16)24-19(27)5-4-6-20-25-21(26-30-20)15-9-13-18(29-2)14-10-15/h7-14H,3-6H2,1-2H3,(H,23,28)(H,24,27). The van der Waals surface area contributed by atoms with Crippen LogP contribution >= 0.6 is 0 Å². The Balaban J connectivity index is 1.45. The minimum absolute atomic E-state index is 0.115. The van der Waals surface area contributed by atoms with Crippen molar-refractivity contribution in [2.24, 2.45) is 0 Å². The highest BCUT2D eigenvalue weighted by atomic mass is 16.5. The number of aryl methyl sites for hydroxylation is 1. The molecule has 3 rings (SSSR count). The van der Waals surface area contributed by atoms with E-state index in [1.807, 2.05) is 31.2 Å². The third kappa shape index (κ3) is 5.66. The maximum Gasteiger partial charge on any atom is 0.251 e. The van der Waals surface area contributed by atoms with E-state index in [1.165, 1.54) is 0 Å². The first-order chi connectivity index (χ1) is 14.6. The minimum atomic E-state index is -0.135. The molecule has 0 aliphatic heterocycles. The van der Waals surface area contributed by atoms with E-state index in [4.69, 9.17) is 9.26 Å². The fourth-order valence-electron chi connectivity index (χ4n) is 2.80. The van der Waals surface area contributed by atoms with Crippen LogP contribution in [-0.4, -0.2) is 35.6 Å². The number of nitrogens with zero attached hydrogens (tertiary/aromatic N) is 2. The first kappa shape index (κ1) is 21.0. The second-order valence-corrected chi connectivity index (χ2v) is 6.58. The number of nitrogens with one attached hydrogen (secondary N) is 2. The van der Waals surface area contributed by atoms with E-state index in [0.717, 1.165) is 11.3 Å². The fraction of sp³-hybridized carbons (Fsp3) is 0.273. The number of ether oxygens (including phenoxy) is 1. The number of carbonyl (C=O) groups excluding carboxylic acids is 2. The molecule has 0 fully saturated rings. The molecule has 156 valence electrons. The van der Waals surface area contributed by atoms with Crippen molar-refractivity contribution in [1.29, 1.82) is 0 Å². The molecule has 0 radical (unpaired) electrons. The summed E-state index contributed by atoms with van der Waals surface area (Å²) in [4.78, 5) is 28.3. The van der Waals surface area contributed by atoms with Gasteiger partial charge in [-0.3, -0.25) is 9.59 Å². The molecule has 30 heavy (non-hydrogen) atoms. The normalized spacial score (nSPS) is 10.5. The molecule has 0 saturated carbocycles. The highest BCUT2D eigenvalue weighted by molar-refractivity contribution is 5.95. The van der Waals surface area contributed by atoms with Crippen molar-refractivity contribution in [1.82, 2.24) is 15.5 Å². The van der Waals surface area contributed by atoms with Crippen molar-refractivity contribution in [2.45, 2.75) is 26.2 Å². The zero-order valence-electron chi connectivity index (χ0n) is 17.0. The van der Waals surface area contributed by atoms with Crippen LogP contribution in [0.1, 0.15) is 36.0 Å². The van der Waals surface area contributed by atoms with Gasteiger partial charge < -0.3 is 19.9 Å². The molecule has 2 N–H and O–H groups in total. The average Bonchev–Trinajstić information content (AvgIpc) is 3.23. The molecule has 0 spiro atoms. The molecule has 1 heterocycles. The maximum absolute atomic E-state index is 12.1. The summed E-state index contributed by atoms with van der Waals surface area (Å²) < 4.78 is 10.4. The van der Waals surface area contributed by atoms with Crippen molar-refractivity contribution >= 4 is 17.5 Å². The van der Waals surface area contributed by atoms with Gasteiger partial charge in [0.1, 0.15) is 5.75 Å². The Morgan fingerprint density at radius 2 is 1.80 bits per heavy atom. The lowest BCUT2D eigenvalue weighted by Gasteiger charge is -2.06. The Labute approximate surface area is 174 Å². The highest BCUT2D eigenvalue weighted by Gasteiger charge is 2.10. The van der Waals surface area contributed by atoms with Crippen LogP contribution in [0.4, 0.5) is 5.69 Å². The van der Waals surface area contributed by atoms with Gasteiger partial charge in [-0.25, -0.2) is 0 Å². The van der Waals surface area contributed by atoms with Gasteiger partial charge in [0.2, 0.25) is 17.6 Å². The monoisotopic (exact) mass is 408 g/mol. The summed E-state index contributed by atoms with van der Waals surface area (Å²) in [6.45, 7) is 2.43. The molecule has 1 aromatic heterocycles. The van der Waals surface area contributed by atoms with Crippen LogP contribution in [0.3, 0.4) is 0 Å². The maximum atomic E-state index is 12.1. The second-order valence-electron chi connectivity index (χ2n) is 6.58. The molecule has 0 aliphatic carbocycles. The Morgan fingerprint density at radius 1 is 1.07 bits per heavy atom. The topological polar surface area (TPSA) is 106 Å². The summed E-state index contributed by atoms with van der Waals surface area (Å²) in [5.41, 5.74) is 2.03. The SMILES string of the molecule is CCNC(=O)c1ccc(NC(=O)CCCc2nc(-c3ccc(OC)cc3)no2)cc1. The van der Waals surface area contributed by atoms with E-state index >= 15 is 0 Å². The fourth-order valence-corrected chi connectivity index (χ4v) is 2.80. The first-order valence-corrected chi connectivity index (χ1v) is 9.74. The van der Waals surface area contributed by atoms with Gasteiger partial charge in [0.15, 0.2) is 0 Å². The third-order valence-corrected chi connectivity index (χ3v) is 4.38. The van der Waals surface area contributed by atoms with Gasteiger partial charge in [0, 0.05) is 36.2 Å². The number of hydrogen-bond donors (Lipinski definition) is 2. The van der Waals surface area contributed by atoms with E-state index in [-0.39, 0.29) is 11.8 Å². The van der Waals surface area contributed by atoms with Gasteiger partial charge in [0.25, 0.3) is 5.91 Å². The predicted octanol–water partition coefficient (Wildman–Crippen LogP) is 3.46. The quantitative estimate of drug-likeness (QED) is 0.562. The number of aromatic nitrogens is 2. The van der Waals surface area contributed by atoms with Crippen molar-refractivity contribution in [3.8, 4) is 17.1 Å². The van der Waals surface area contributed by atoms with E-state index in [1.54, 1.807) is 31.4 Å². The third-order valence-electron chi connectivity index (χ3n) is 4.38. The Kier molecular flexibility index (Phi) is 7.15. The molecule has 2 aromatic carbocycles. The zero-order valence-corrected chi connectivity index (χ0v) is 17.0. The summed E-state index contributed by atoms with van der Waals surface area (Å²) in [6.07, 6.45) is 1.40. The van der Waals surface area contributed by atoms with Crippen LogP contribution in [0.5, 0.6) is 5.75 Å². The minimum Gasteiger partial charge on any atom is -0.497 e. The summed E-state index contributed by atoms with van der Waals surface area (Å²) in [6, 6.07) is 14.2. The Morgan fingerprint density at radius 3 is 2.47 bits per heavy atom. The van der Waals surface area contributed by atoms with Crippen molar-refractivity contribution in [3.05, 3.63) is 60.0 Å². The van der Waals surface area contributed by atoms with Crippen molar-refractivity contribution in [3.63, 3.8) is 0 Å². The number of hydrogen-bond acceptors (Lipinski definition) is 6. The molecule has 3 aromatic rings. The van der Waals surface area contributed by atoms with E-state index in [9.17, 15) is 9.59 Å². The molecular formula is C22H24N4O4. The molecular weight excluding hydrogens is 384 g/mol. The van der Waals surface area contributed by atoms with Crippen LogP contribution in [0, 0.1) is 0 Å². The van der Waals surface area contributed by atoms with Crippen molar-refractivity contribution in [2.75, 3.05) is 19.0 Å². The summed E-state index contributed by atoms with van der Waals surface area (Å²) >= 11 is 0. The van der Waals surface area contributed by atoms with E-state index in [2.05, 4.69) is 20.8 Å². The van der Waals surface area contributed by atoms with Crippen LogP contribution in [0.2, 0.25) is 0 Å². The smallest absolute Gasteiger partial charge is 0.251 e. The zero-order chi connectivity index (χ0) is 21.3. The summed E-state index contributed by atoms with van der Waals surface area (Å²) in [5.74, 6) is 1.50. The van der Waals surface area contributed by atoms with E-state index in [0.29, 0.717) is 48.8 Å². The van der Waals surface area contributed by atoms with Gasteiger partial charge in [-0.1, -0.05) is 5.16 Å². The van der Waals surface area contributed by atoms with Crippen LogP contribution in [-0.2, 0) is 11.2 Å². The lowest BCUT2D eigenvalue weighted by molar-refractivity contribution is -0.116. The number of carbonyl (C=O) groups is 2. The van der Waals surface area contributed by atoms with Crippen LogP contribution in [0.25, 0.3) is 11.4 Å². The van der Waals surface area contributed by atoms with Gasteiger partial charge in [-0.05, 0) is 61.9 Å². The summed E-state index contributed by atoms with van der Waals surface area (Å²) in [7, 11) is 1.61. The summed E-state index contributed by atoms with van der Waals surface area (Å²) in [5, 5.41) is 9.53. The number of rotatable bonds is 9. The van der Waals surface area contributed by atoms with Crippen LogP contribution in [0.15, 0.2) is 53.1 Å². The predicted molar refractivity (Wildman–Crippen MR) is 112 cm³/mol. The molecule has 0 unspecified atom stereocenters. The van der Waals surface area contributed by atoms with E-state index < -0.39 is 0 Å². The highest BCUT2D eigenvalue weighted by Crippen LogP contribution is 2.20. The number of anilines is 1. The molecule has 0 aliphatic rings. The molecule has 0 atom stereocenters. The van der Waals surface area contributed by atoms with Gasteiger partial charge in [-0.15, -0.1) is 0 Å². The Bertz CT molecular complexity index is 981. The molecule has 8 nitrogen and oxygen atoms in total. The van der Waals surface area contributed by atoms with Crippen LogP contribution < -0.4 is 15.4 Å². The van der Waals surface area contributed by atoms with Gasteiger partial charge in [-0.2, -0.15) is 4.98 Å². The molecule has 8 heteroatoms.